The Balaban J connectivity index is 0.000000198. The van der Waals surface area contributed by atoms with Crippen LogP contribution in [0.25, 0.3) is 44.6 Å². The first kappa shape index (κ1) is 25.4. The fraction of sp³-hybridized carbons (Fsp3) is 0.129. The van der Waals surface area contributed by atoms with Gasteiger partial charge in [0.15, 0.2) is 0 Å². The van der Waals surface area contributed by atoms with Crippen molar-refractivity contribution in [3.63, 3.8) is 0 Å². The fourth-order valence-corrected chi connectivity index (χ4v) is 4.14. The molecule has 0 aliphatic rings. The number of rotatable bonds is 3. The van der Waals surface area contributed by atoms with Crippen molar-refractivity contribution in [1.82, 2.24) is 15.0 Å². The Kier molecular flexibility index (Phi) is 8.04. The van der Waals surface area contributed by atoms with Crippen LogP contribution in [0.5, 0.6) is 0 Å². The summed E-state index contributed by atoms with van der Waals surface area (Å²) in [5, 5.41) is 2.07. The van der Waals surface area contributed by atoms with E-state index in [1.54, 1.807) is 12.4 Å². The number of benzene rings is 2. The van der Waals surface area contributed by atoms with Gasteiger partial charge in [-0.1, -0.05) is 43.0 Å². The standard InChI is InChI=1S/C20H17N2O.C11H8N.Ir/c1-12(2)17-10-18(22-11-13(17)3)16-7-4-6-14-15-8-5-9-21-20(15)23-19(14)16;1-2-6-10(7-3-1)11-8-4-5-9-12-11;/h4-6,8-12H,1-3H3;1-6,8-9H;/q2*-1;. The zero-order chi connectivity index (χ0) is 24.2. The molecule has 0 N–H and O–H groups in total. The van der Waals surface area contributed by atoms with E-state index >= 15 is 0 Å². The molecular weight excluding hydrogens is 623 g/mol. The summed E-state index contributed by atoms with van der Waals surface area (Å²) in [5.41, 5.74) is 7.76. The Hall–Kier alpha value is -3.66. The van der Waals surface area contributed by atoms with Crippen LogP contribution in [0.1, 0.15) is 30.9 Å². The van der Waals surface area contributed by atoms with Crippen molar-refractivity contribution in [2.75, 3.05) is 0 Å². The van der Waals surface area contributed by atoms with E-state index in [1.165, 1.54) is 11.1 Å². The molecule has 0 amide bonds. The Bertz CT molecular complexity index is 1540. The van der Waals surface area contributed by atoms with Crippen molar-refractivity contribution in [1.29, 1.82) is 0 Å². The molecule has 4 aromatic heterocycles. The molecule has 0 unspecified atom stereocenters. The van der Waals surface area contributed by atoms with Crippen LogP contribution in [0.15, 0.2) is 95.8 Å². The zero-order valence-corrected chi connectivity index (χ0v) is 22.7. The first-order valence-corrected chi connectivity index (χ1v) is 11.6. The maximum absolute atomic E-state index is 5.99. The summed E-state index contributed by atoms with van der Waals surface area (Å²) in [6, 6.07) is 30.1. The maximum atomic E-state index is 5.99. The molecule has 0 atom stereocenters. The minimum absolute atomic E-state index is 0. The second-order valence-electron chi connectivity index (χ2n) is 8.63. The van der Waals surface area contributed by atoms with Crippen molar-refractivity contribution in [2.24, 2.45) is 0 Å². The van der Waals surface area contributed by atoms with Gasteiger partial charge in [-0.05, 0) is 53.6 Å². The molecule has 4 nitrogen and oxygen atoms in total. The monoisotopic (exact) mass is 648 g/mol. The van der Waals surface area contributed by atoms with E-state index in [0.29, 0.717) is 11.6 Å². The summed E-state index contributed by atoms with van der Waals surface area (Å²) in [5.74, 6) is 0.452. The Morgan fingerprint density at radius 3 is 2.36 bits per heavy atom. The van der Waals surface area contributed by atoms with Gasteiger partial charge in [0.2, 0.25) is 5.71 Å². The summed E-state index contributed by atoms with van der Waals surface area (Å²) < 4.78 is 5.99. The molecule has 181 valence electrons. The molecule has 2 aromatic carbocycles. The van der Waals surface area contributed by atoms with Gasteiger partial charge in [0, 0.05) is 44.1 Å². The molecule has 36 heavy (non-hydrogen) atoms. The Morgan fingerprint density at radius 2 is 1.61 bits per heavy atom. The Labute approximate surface area is 224 Å². The van der Waals surface area contributed by atoms with Crippen molar-refractivity contribution in [2.45, 2.75) is 26.7 Å². The molecule has 1 radical (unpaired) electrons. The van der Waals surface area contributed by atoms with Crippen LogP contribution in [-0.2, 0) is 20.1 Å². The molecule has 0 bridgehead atoms. The van der Waals surface area contributed by atoms with Gasteiger partial charge in [0.1, 0.15) is 0 Å². The predicted molar refractivity (Wildman–Crippen MR) is 141 cm³/mol. The van der Waals surface area contributed by atoms with Gasteiger partial charge in [0.05, 0.1) is 5.58 Å². The summed E-state index contributed by atoms with van der Waals surface area (Å²) in [7, 11) is 0. The number of aromatic nitrogens is 3. The SMILES string of the molecule is Cc1cnc(-c2[c-]ccc3c2oc2ncccc23)cc1C(C)C.[Ir].[c-]1ccccc1-c1ccccn1. The fourth-order valence-electron chi connectivity index (χ4n) is 4.14. The zero-order valence-electron chi connectivity index (χ0n) is 20.3. The van der Waals surface area contributed by atoms with E-state index in [9.17, 15) is 0 Å². The van der Waals surface area contributed by atoms with Crippen molar-refractivity contribution < 1.29 is 24.5 Å². The topological polar surface area (TPSA) is 51.8 Å². The smallest absolute Gasteiger partial charge is 0.216 e. The molecule has 0 aliphatic heterocycles. The van der Waals surface area contributed by atoms with Crippen LogP contribution in [0.2, 0.25) is 0 Å². The third-order valence-corrected chi connectivity index (χ3v) is 5.88. The number of nitrogens with zero attached hydrogens (tertiary/aromatic N) is 3. The third kappa shape index (κ3) is 5.28. The van der Waals surface area contributed by atoms with Crippen LogP contribution >= 0.6 is 0 Å². The molecule has 0 aliphatic carbocycles. The Morgan fingerprint density at radius 1 is 0.778 bits per heavy atom. The molecule has 5 heteroatoms. The number of pyridine rings is 3. The van der Waals surface area contributed by atoms with Gasteiger partial charge in [-0.2, -0.15) is 0 Å². The van der Waals surface area contributed by atoms with Crippen LogP contribution in [0.4, 0.5) is 0 Å². The number of furan rings is 1. The average molecular weight is 648 g/mol. The third-order valence-electron chi connectivity index (χ3n) is 5.88. The van der Waals surface area contributed by atoms with Gasteiger partial charge in [-0.15, -0.1) is 54.1 Å². The molecular formula is C31H25IrN3O-2. The molecule has 0 spiro atoms. The average Bonchev–Trinajstić information content (AvgIpc) is 3.29. The quantitative estimate of drug-likeness (QED) is 0.184. The largest absolute Gasteiger partial charge is 0.486 e. The van der Waals surface area contributed by atoms with Crippen LogP contribution < -0.4 is 0 Å². The number of hydrogen-bond donors (Lipinski definition) is 0. The summed E-state index contributed by atoms with van der Waals surface area (Å²) >= 11 is 0. The summed E-state index contributed by atoms with van der Waals surface area (Å²) in [4.78, 5) is 13.1. The van der Waals surface area contributed by atoms with Gasteiger partial charge in [-0.25, -0.2) is 4.98 Å². The van der Waals surface area contributed by atoms with Crippen LogP contribution in [0.3, 0.4) is 0 Å². The van der Waals surface area contributed by atoms with Gasteiger partial charge >= 0.3 is 0 Å². The number of hydrogen-bond acceptors (Lipinski definition) is 4. The van der Waals surface area contributed by atoms with E-state index < -0.39 is 0 Å². The van der Waals surface area contributed by atoms with Crippen molar-refractivity contribution in [3.8, 4) is 22.5 Å². The number of fused-ring (bicyclic) bond motifs is 3. The van der Waals surface area contributed by atoms with Gasteiger partial charge < -0.3 is 14.4 Å². The number of aryl methyl sites for hydroxylation is 1. The first-order valence-electron chi connectivity index (χ1n) is 11.6. The second kappa shape index (κ2) is 11.4. The molecule has 0 saturated carbocycles. The summed E-state index contributed by atoms with van der Waals surface area (Å²) in [6.07, 6.45) is 5.46. The van der Waals surface area contributed by atoms with E-state index in [0.717, 1.165) is 38.9 Å². The second-order valence-corrected chi connectivity index (χ2v) is 8.63. The molecule has 0 saturated heterocycles. The minimum Gasteiger partial charge on any atom is -0.486 e. The van der Waals surface area contributed by atoms with E-state index in [2.05, 4.69) is 53.9 Å². The van der Waals surface area contributed by atoms with E-state index in [1.807, 2.05) is 72.9 Å². The minimum atomic E-state index is 0. The molecule has 6 aromatic rings. The van der Waals surface area contributed by atoms with E-state index in [4.69, 9.17) is 4.42 Å². The maximum Gasteiger partial charge on any atom is 0.216 e. The van der Waals surface area contributed by atoms with Gasteiger partial charge in [0.25, 0.3) is 0 Å². The van der Waals surface area contributed by atoms with Crippen molar-refractivity contribution >= 4 is 22.1 Å². The summed E-state index contributed by atoms with van der Waals surface area (Å²) in [6.45, 7) is 6.49. The van der Waals surface area contributed by atoms with Gasteiger partial charge in [-0.3, -0.25) is 0 Å². The molecule has 0 fully saturated rings. The van der Waals surface area contributed by atoms with Crippen molar-refractivity contribution in [3.05, 3.63) is 115 Å². The first-order chi connectivity index (χ1) is 17.1. The molecule has 4 heterocycles. The van der Waals surface area contributed by atoms with E-state index in [-0.39, 0.29) is 20.1 Å². The van der Waals surface area contributed by atoms with Crippen LogP contribution in [0, 0.1) is 19.1 Å². The molecule has 6 rings (SSSR count). The van der Waals surface area contributed by atoms with Crippen LogP contribution in [-0.4, -0.2) is 15.0 Å². The predicted octanol–water partition coefficient (Wildman–Crippen LogP) is 7.82. The normalized spacial score (nSPS) is 10.7.